The fourth-order valence-corrected chi connectivity index (χ4v) is 1.94. The molecule has 0 saturated carbocycles. The van der Waals surface area contributed by atoms with Crippen LogP contribution in [0.1, 0.15) is 5.56 Å². The van der Waals surface area contributed by atoms with Gasteiger partial charge in [-0.05, 0) is 42.8 Å². The largest absolute Gasteiger partial charge is 0.439 e. The van der Waals surface area contributed by atoms with Gasteiger partial charge in [0.25, 0.3) is 0 Å². The number of aryl methyl sites for hydroxylation is 1. The number of nitrogen functional groups attached to an aromatic ring is 1. The van der Waals surface area contributed by atoms with Gasteiger partial charge in [0.2, 0.25) is 5.88 Å². The number of nitrogens with two attached hydrogens (primary N) is 1. The van der Waals surface area contributed by atoms with Crippen molar-refractivity contribution < 1.29 is 4.74 Å². The number of hydrogen-bond donors (Lipinski definition) is 1. The van der Waals surface area contributed by atoms with Crippen molar-refractivity contribution in [1.29, 1.82) is 0 Å². The van der Waals surface area contributed by atoms with E-state index in [9.17, 15) is 0 Å². The van der Waals surface area contributed by atoms with Gasteiger partial charge in [0, 0.05) is 17.1 Å². The van der Waals surface area contributed by atoms with Crippen molar-refractivity contribution in [3.05, 3.63) is 60.2 Å². The molecular weight excluding hydrogens is 236 g/mol. The van der Waals surface area contributed by atoms with E-state index in [1.807, 2.05) is 61.5 Å². The molecule has 2 aromatic carbocycles. The molecule has 1 heterocycles. The van der Waals surface area contributed by atoms with Crippen molar-refractivity contribution in [2.45, 2.75) is 6.92 Å². The van der Waals surface area contributed by atoms with Crippen LogP contribution in [0.4, 0.5) is 5.69 Å². The fourth-order valence-electron chi connectivity index (χ4n) is 1.94. The Morgan fingerprint density at radius 2 is 1.84 bits per heavy atom. The summed E-state index contributed by atoms with van der Waals surface area (Å²) >= 11 is 0. The van der Waals surface area contributed by atoms with Crippen LogP contribution in [0.2, 0.25) is 0 Å². The van der Waals surface area contributed by atoms with Gasteiger partial charge in [-0.15, -0.1) is 0 Å². The maximum absolute atomic E-state index is 5.79. The third-order valence-corrected chi connectivity index (χ3v) is 3.04. The standard InChI is InChI=1S/C16H14N2O/c1-11-10-13(7-8-14(11)17)19-16-9-6-12-4-2-3-5-15(12)18-16/h2-10H,17H2,1H3. The van der Waals surface area contributed by atoms with E-state index in [4.69, 9.17) is 10.5 Å². The number of rotatable bonds is 2. The Morgan fingerprint density at radius 3 is 2.68 bits per heavy atom. The molecule has 0 fully saturated rings. The van der Waals surface area contributed by atoms with Crippen LogP contribution in [-0.4, -0.2) is 4.98 Å². The second-order valence-corrected chi connectivity index (χ2v) is 4.46. The van der Waals surface area contributed by atoms with E-state index >= 15 is 0 Å². The Labute approximate surface area is 111 Å². The summed E-state index contributed by atoms with van der Waals surface area (Å²) in [5.74, 6) is 1.33. The number of nitrogens with zero attached hydrogens (tertiary/aromatic N) is 1. The summed E-state index contributed by atoms with van der Waals surface area (Å²) in [6, 6.07) is 17.4. The van der Waals surface area contributed by atoms with Crippen molar-refractivity contribution in [2.75, 3.05) is 5.73 Å². The van der Waals surface area contributed by atoms with Crippen LogP contribution in [0.3, 0.4) is 0 Å². The van der Waals surface area contributed by atoms with Gasteiger partial charge in [0.15, 0.2) is 0 Å². The number of pyridine rings is 1. The number of para-hydroxylation sites is 1. The van der Waals surface area contributed by atoms with Crippen molar-refractivity contribution in [3.8, 4) is 11.6 Å². The molecular formula is C16H14N2O. The van der Waals surface area contributed by atoms with Gasteiger partial charge >= 0.3 is 0 Å². The molecule has 0 radical (unpaired) electrons. The van der Waals surface area contributed by atoms with Crippen LogP contribution in [0.5, 0.6) is 11.6 Å². The van der Waals surface area contributed by atoms with E-state index in [2.05, 4.69) is 4.98 Å². The maximum Gasteiger partial charge on any atom is 0.219 e. The van der Waals surface area contributed by atoms with Gasteiger partial charge in [-0.1, -0.05) is 18.2 Å². The molecule has 1 aromatic heterocycles. The molecule has 0 amide bonds. The minimum Gasteiger partial charge on any atom is -0.439 e. The Morgan fingerprint density at radius 1 is 1.00 bits per heavy atom. The van der Waals surface area contributed by atoms with Gasteiger partial charge in [0.05, 0.1) is 5.52 Å². The summed E-state index contributed by atoms with van der Waals surface area (Å²) in [6.45, 7) is 1.95. The van der Waals surface area contributed by atoms with E-state index < -0.39 is 0 Å². The first-order chi connectivity index (χ1) is 9.22. The van der Waals surface area contributed by atoms with E-state index in [-0.39, 0.29) is 0 Å². The van der Waals surface area contributed by atoms with Crippen LogP contribution in [0, 0.1) is 6.92 Å². The summed E-state index contributed by atoms with van der Waals surface area (Å²) in [5, 5.41) is 1.10. The Kier molecular flexibility index (Phi) is 2.80. The zero-order valence-corrected chi connectivity index (χ0v) is 10.6. The van der Waals surface area contributed by atoms with Gasteiger partial charge in [-0.2, -0.15) is 0 Å². The average molecular weight is 250 g/mol. The molecule has 19 heavy (non-hydrogen) atoms. The first kappa shape index (κ1) is 11.5. The van der Waals surface area contributed by atoms with E-state index in [0.717, 1.165) is 27.9 Å². The van der Waals surface area contributed by atoms with E-state index in [1.54, 1.807) is 0 Å². The number of benzene rings is 2. The van der Waals surface area contributed by atoms with Gasteiger partial charge in [-0.25, -0.2) is 4.98 Å². The molecule has 0 saturated heterocycles. The third-order valence-electron chi connectivity index (χ3n) is 3.04. The molecule has 0 aliphatic rings. The highest BCUT2D eigenvalue weighted by Crippen LogP contribution is 2.25. The average Bonchev–Trinajstić information content (AvgIpc) is 2.43. The second-order valence-electron chi connectivity index (χ2n) is 4.46. The second kappa shape index (κ2) is 4.61. The molecule has 0 bridgehead atoms. The Balaban J connectivity index is 1.94. The monoisotopic (exact) mass is 250 g/mol. The highest BCUT2D eigenvalue weighted by Gasteiger charge is 2.02. The van der Waals surface area contributed by atoms with Gasteiger partial charge in [0.1, 0.15) is 5.75 Å². The van der Waals surface area contributed by atoms with Crippen LogP contribution in [-0.2, 0) is 0 Å². The first-order valence-electron chi connectivity index (χ1n) is 6.12. The number of hydrogen-bond acceptors (Lipinski definition) is 3. The third kappa shape index (κ3) is 2.36. The maximum atomic E-state index is 5.79. The molecule has 94 valence electrons. The molecule has 0 aliphatic carbocycles. The number of aromatic nitrogens is 1. The molecule has 0 atom stereocenters. The van der Waals surface area contributed by atoms with Crippen molar-refractivity contribution in [1.82, 2.24) is 4.98 Å². The summed E-state index contributed by atoms with van der Waals surface area (Å²) in [7, 11) is 0. The Hall–Kier alpha value is -2.55. The minimum absolute atomic E-state index is 0.586. The molecule has 3 nitrogen and oxygen atoms in total. The molecule has 3 heteroatoms. The van der Waals surface area contributed by atoms with Gasteiger partial charge in [-0.3, -0.25) is 0 Å². The summed E-state index contributed by atoms with van der Waals surface area (Å²) in [5.41, 5.74) is 8.47. The normalized spacial score (nSPS) is 10.6. The summed E-state index contributed by atoms with van der Waals surface area (Å²) in [6.07, 6.45) is 0. The predicted molar refractivity (Wildman–Crippen MR) is 77.4 cm³/mol. The van der Waals surface area contributed by atoms with Crippen molar-refractivity contribution >= 4 is 16.6 Å². The fraction of sp³-hybridized carbons (Fsp3) is 0.0625. The number of fused-ring (bicyclic) bond motifs is 1. The van der Waals surface area contributed by atoms with E-state index in [1.165, 1.54) is 0 Å². The highest BCUT2D eigenvalue weighted by molar-refractivity contribution is 5.78. The van der Waals surface area contributed by atoms with Crippen molar-refractivity contribution in [3.63, 3.8) is 0 Å². The lowest BCUT2D eigenvalue weighted by molar-refractivity contribution is 0.465. The zero-order valence-electron chi connectivity index (χ0n) is 10.6. The lowest BCUT2D eigenvalue weighted by Crippen LogP contribution is -1.92. The topological polar surface area (TPSA) is 48.1 Å². The summed E-state index contributed by atoms with van der Waals surface area (Å²) in [4.78, 5) is 4.47. The predicted octanol–water partition coefficient (Wildman–Crippen LogP) is 3.92. The number of ether oxygens (including phenoxy) is 1. The minimum atomic E-state index is 0.586. The SMILES string of the molecule is Cc1cc(Oc2ccc3ccccc3n2)ccc1N. The van der Waals surface area contributed by atoms with Gasteiger partial charge < -0.3 is 10.5 Å². The van der Waals surface area contributed by atoms with Crippen LogP contribution in [0.15, 0.2) is 54.6 Å². The van der Waals surface area contributed by atoms with Crippen LogP contribution in [0.25, 0.3) is 10.9 Å². The van der Waals surface area contributed by atoms with Crippen LogP contribution >= 0.6 is 0 Å². The lowest BCUT2D eigenvalue weighted by Gasteiger charge is -2.07. The molecule has 2 N–H and O–H groups in total. The highest BCUT2D eigenvalue weighted by atomic mass is 16.5. The van der Waals surface area contributed by atoms with E-state index in [0.29, 0.717) is 5.88 Å². The first-order valence-corrected chi connectivity index (χ1v) is 6.12. The molecule has 3 aromatic rings. The molecule has 0 unspecified atom stereocenters. The summed E-state index contributed by atoms with van der Waals surface area (Å²) < 4.78 is 5.76. The molecule has 3 rings (SSSR count). The molecule has 0 spiro atoms. The molecule has 0 aliphatic heterocycles. The smallest absolute Gasteiger partial charge is 0.219 e. The zero-order chi connectivity index (χ0) is 13.2. The Bertz CT molecular complexity index is 738. The quantitative estimate of drug-likeness (QED) is 0.701. The number of anilines is 1. The van der Waals surface area contributed by atoms with Crippen LogP contribution < -0.4 is 10.5 Å². The lowest BCUT2D eigenvalue weighted by atomic mass is 10.2. The van der Waals surface area contributed by atoms with Crippen molar-refractivity contribution in [2.24, 2.45) is 0 Å².